The first kappa shape index (κ1) is 15.0. The molecule has 1 aromatic carbocycles. The number of halogens is 3. The molecule has 4 nitrogen and oxygen atoms in total. The largest absolute Gasteiger partial charge is 0.273 e. The van der Waals surface area contributed by atoms with Gasteiger partial charge in [0, 0.05) is 10.0 Å². The lowest BCUT2D eigenvalue weighted by Crippen LogP contribution is -2.45. The Morgan fingerprint density at radius 1 is 1.16 bits per heavy atom. The van der Waals surface area contributed by atoms with E-state index in [9.17, 15) is 9.59 Å². The Kier molecular flexibility index (Phi) is 4.09. The van der Waals surface area contributed by atoms with E-state index in [1.54, 1.807) is 24.3 Å². The minimum absolute atomic E-state index is 0.230. The van der Waals surface area contributed by atoms with Gasteiger partial charge in [-0.05, 0) is 37.6 Å². The zero-order chi connectivity index (χ0) is 14.3. The topological polar surface area (TPSA) is 58.2 Å². The second-order valence-electron chi connectivity index (χ2n) is 4.63. The van der Waals surface area contributed by atoms with Crippen LogP contribution in [0.3, 0.4) is 0 Å². The second-order valence-corrected chi connectivity index (χ2v) is 9.32. The third-order valence-electron chi connectivity index (χ3n) is 3.15. The molecule has 2 rings (SSSR count). The molecule has 1 aliphatic carbocycles. The van der Waals surface area contributed by atoms with E-state index in [1.807, 2.05) is 6.92 Å². The summed E-state index contributed by atoms with van der Waals surface area (Å²) in [6.07, 6.45) is 0.667. The highest BCUT2D eigenvalue weighted by molar-refractivity contribution is 9.25. The van der Waals surface area contributed by atoms with Gasteiger partial charge in [-0.2, -0.15) is 0 Å². The molecule has 0 saturated heterocycles. The molecule has 0 radical (unpaired) electrons. The van der Waals surface area contributed by atoms with E-state index < -0.39 is 5.41 Å². The van der Waals surface area contributed by atoms with E-state index in [0.717, 1.165) is 4.47 Å². The first-order chi connectivity index (χ1) is 8.76. The number of hydrogen-bond acceptors (Lipinski definition) is 2. The lowest BCUT2D eigenvalue weighted by molar-refractivity contribution is -0.126. The summed E-state index contributed by atoms with van der Waals surface area (Å²) in [4.78, 5) is 23.7. The zero-order valence-corrected chi connectivity index (χ0v) is 14.7. The maximum Gasteiger partial charge on any atom is 0.269 e. The van der Waals surface area contributed by atoms with E-state index in [0.29, 0.717) is 12.0 Å². The van der Waals surface area contributed by atoms with Crippen molar-refractivity contribution in [2.45, 2.75) is 16.6 Å². The highest BCUT2D eigenvalue weighted by Gasteiger charge is 2.66. The number of hydrazine groups is 1. The van der Waals surface area contributed by atoms with Crippen molar-refractivity contribution >= 4 is 59.6 Å². The summed E-state index contributed by atoms with van der Waals surface area (Å²) in [7, 11) is 0. The van der Waals surface area contributed by atoms with Crippen LogP contribution in [0.2, 0.25) is 0 Å². The SMILES string of the molecule is C[C@]1(C(=O)NNC(=O)c2ccc(Br)cc2)CC1(Br)Br. The highest BCUT2D eigenvalue weighted by Crippen LogP contribution is 2.66. The minimum Gasteiger partial charge on any atom is -0.273 e. The lowest BCUT2D eigenvalue weighted by atomic mass is 10.1. The number of hydrogen-bond donors (Lipinski definition) is 2. The van der Waals surface area contributed by atoms with Gasteiger partial charge < -0.3 is 0 Å². The van der Waals surface area contributed by atoms with Crippen LogP contribution in [0.15, 0.2) is 28.7 Å². The minimum atomic E-state index is -0.556. The number of carbonyl (C=O) groups excluding carboxylic acids is 2. The van der Waals surface area contributed by atoms with Crippen molar-refractivity contribution in [1.29, 1.82) is 0 Å². The van der Waals surface area contributed by atoms with Crippen LogP contribution in [-0.4, -0.2) is 15.0 Å². The molecular formula is C12H11Br3N2O2. The van der Waals surface area contributed by atoms with Crippen LogP contribution in [0, 0.1) is 5.41 Å². The van der Waals surface area contributed by atoms with Crippen molar-refractivity contribution in [3.8, 4) is 0 Å². The molecule has 1 aliphatic rings. The molecule has 2 amide bonds. The quantitative estimate of drug-likeness (QED) is 0.533. The fourth-order valence-corrected chi connectivity index (χ4v) is 3.32. The molecule has 0 unspecified atom stereocenters. The molecule has 0 aromatic heterocycles. The van der Waals surface area contributed by atoms with Gasteiger partial charge in [0.2, 0.25) is 5.91 Å². The Hall–Kier alpha value is -0.400. The highest BCUT2D eigenvalue weighted by atomic mass is 79.9. The molecule has 1 atom stereocenters. The van der Waals surface area contributed by atoms with E-state index in [1.165, 1.54) is 0 Å². The van der Waals surface area contributed by atoms with Gasteiger partial charge in [0.25, 0.3) is 5.91 Å². The number of benzene rings is 1. The Labute approximate surface area is 136 Å². The Morgan fingerprint density at radius 3 is 2.16 bits per heavy atom. The third-order valence-corrected chi connectivity index (χ3v) is 5.99. The van der Waals surface area contributed by atoms with Crippen LogP contribution in [0.25, 0.3) is 0 Å². The number of carbonyl (C=O) groups is 2. The molecular weight excluding hydrogens is 444 g/mol. The van der Waals surface area contributed by atoms with Gasteiger partial charge in [0.15, 0.2) is 0 Å². The number of nitrogens with one attached hydrogen (secondary N) is 2. The van der Waals surface area contributed by atoms with Crippen LogP contribution in [-0.2, 0) is 4.79 Å². The number of rotatable bonds is 2. The van der Waals surface area contributed by atoms with Crippen LogP contribution >= 0.6 is 47.8 Å². The van der Waals surface area contributed by atoms with Crippen LogP contribution in [0.5, 0.6) is 0 Å². The normalized spacial score (nSPS) is 23.6. The monoisotopic (exact) mass is 452 g/mol. The molecule has 1 saturated carbocycles. The van der Waals surface area contributed by atoms with E-state index in [-0.39, 0.29) is 15.0 Å². The summed E-state index contributed by atoms with van der Waals surface area (Å²) in [5.41, 5.74) is 4.77. The summed E-state index contributed by atoms with van der Waals surface area (Å²) in [6.45, 7) is 1.82. The predicted molar refractivity (Wildman–Crippen MR) is 83.1 cm³/mol. The van der Waals surface area contributed by atoms with E-state index in [4.69, 9.17) is 0 Å². The molecule has 7 heteroatoms. The van der Waals surface area contributed by atoms with Gasteiger partial charge in [-0.15, -0.1) is 0 Å². The average molecular weight is 455 g/mol. The van der Waals surface area contributed by atoms with E-state index in [2.05, 4.69) is 58.6 Å². The van der Waals surface area contributed by atoms with Crippen molar-refractivity contribution < 1.29 is 9.59 Å². The smallest absolute Gasteiger partial charge is 0.269 e. The van der Waals surface area contributed by atoms with Crippen LogP contribution < -0.4 is 10.9 Å². The van der Waals surface area contributed by atoms with Gasteiger partial charge in [0.1, 0.15) is 0 Å². The summed E-state index contributed by atoms with van der Waals surface area (Å²) in [5, 5.41) is 0. The Bertz CT molecular complexity index is 530. The molecule has 2 N–H and O–H groups in total. The van der Waals surface area contributed by atoms with Gasteiger partial charge in [0.05, 0.1) is 8.65 Å². The second kappa shape index (κ2) is 5.18. The molecule has 0 bridgehead atoms. The van der Waals surface area contributed by atoms with Gasteiger partial charge in [-0.1, -0.05) is 47.8 Å². The maximum atomic E-state index is 11.9. The Morgan fingerprint density at radius 2 is 1.68 bits per heavy atom. The zero-order valence-electron chi connectivity index (χ0n) is 9.97. The fraction of sp³-hybridized carbons (Fsp3) is 0.333. The van der Waals surface area contributed by atoms with Crippen LogP contribution in [0.1, 0.15) is 23.7 Å². The van der Waals surface area contributed by atoms with Crippen molar-refractivity contribution in [2.75, 3.05) is 0 Å². The molecule has 0 spiro atoms. The molecule has 19 heavy (non-hydrogen) atoms. The van der Waals surface area contributed by atoms with E-state index >= 15 is 0 Å². The first-order valence-electron chi connectivity index (χ1n) is 5.50. The van der Waals surface area contributed by atoms with Gasteiger partial charge in [-0.25, -0.2) is 0 Å². The Balaban J connectivity index is 1.91. The average Bonchev–Trinajstić information content (AvgIpc) is 2.87. The maximum absolute atomic E-state index is 11.9. The lowest BCUT2D eigenvalue weighted by Gasteiger charge is -2.13. The molecule has 102 valence electrons. The number of alkyl halides is 2. The van der Waals surface area contributed by atoms with Gasteiger partial charge >= 0.3 is 0 Å². The summed E-state index contributed by atoms with van der Waals surface area (Å²) in [6, 6.07) is 6.87. The molecule has 0 heterocycles. The van der Waals surface area contributed by atoms with Crippen molar-refractivity contribution in [1.82, 2.24) is 10.9 Å². The summed E-state index contributed by atoms with van der Waals surface area (Å²) in [5.74, 6) is -0.577. The van der Waals surface area contributed by atoms with Crippen molar-refractivity contribution in [3.63, 3.8) is 0 Å². The number of amides is 2. The molecule has 1 fully saturated rings. The first-order valence-corrected chi connectivity index (χ1v) is 7.88. The summed E-state index contributed by atoms with van der Waals surface area (Å²) >= 11 is 10.1. The summed E-state index contributed by atoms with van der Waals surface area (Å²) < 4.78 is 0.515. The molecule has 0 aliphatic heterocycles. The standard InChI is InChI=1S/C12H11Br3N2O2/c1-11(6-12(11,14)15)10(19)17-16-9(18)7-2-4-8(13)5-3-7/h2-5H,6H2,1H3,(H,16,18)(H,17,19)/t11-/m1/s1. The third kappa shape index (κ3) is 3.03. The van der Waals surface area contributed by atoms with Crippen LogP contribution in [0.4, 0.5) is 0 Å². The van der Waals surface area contributed by atoms with Gasteiger partial charge in [-0.3, -0.25) is 20.4 Å². The predicted octanol–water partition coefficient (Wildman–Crippen LogP) is 3.11. The van der Waals surface area contributed by atoms with Crippen molar-refractivity contribution in [3.05, 3.63) is 34.3 Å². The van der Waals surface area contributed by atoms with Crippen molar-refractivity contribution in [2.24, 2.45) is 5.41 Å². The molecule has 1 aromatic rings. The fourth-order valence-electron chi connectivity index (χ4n) is 1.57.